The molecule has 0 aromatic heterocycles. The fraction of sp³-hybridized carbons (Fsp3) is 0.375. The van der Waals surface area contributed by atoms with Crippen LogP contribution in [0.25, 0.3) is 0 Å². The molecule has 2 fully saturated rings. The summed E-state index contributed by atoms with van der Waals surface area (Å²) in [5.41, 5.74) is 0.342. The molecule has 7 nitrogen and oxygen atoms in total. The Balaban J connectivity index is 1.37. The summed E-state index contributed by atoms with van der Waals surface area (Å²) in [6.07, 6.45) is 0. The molecule has 0 aliphatic carbocycles. The van der Waals surface area contributed by atoms with E-state index in [1.54, 1.807) is 4.90 Å². The Labute approximate surface area is 191 Å². The first-order valence-electron chi connectivity index (χ1n) is 10.8. The topological polar surface area (TPSA) is 73.0 Å². The molecule has 2 aliphatic heterocycles. The molecule has 0 spiro atoms. The van der Waals surface area contributed by atoms with Gasteiger partial charge in [0.1, 0.15) is 23.7 Å². The van der Waals surface area contributed by atoms with E-state index in [0.29, 0.717) is 26.2 Å². The van der Waals surface area contributed by atoms with Crippen LogP contribution >= 0.6 is 0 Å². The van der Waals surface area contributed by atoms with Crippen molar-refractivity contribution >= 4 is 17.8 Å². The molecule has 2 heterocycles. The highest BCUT2D eigenvalue weighted by Crippen LogP contribution is 2.31. The Morgan fingerprint density at radius 3 is 2.48 bits per heavy atom. The molecule has 174 valence electrons. The number of nitrogens with zero attached hydrogens (tertiary/aromatic N) is 3. The van der Waals surface area contributed by atoms with Gasteiger partial charge in [0.05, 0.1) is 0 Å². The Bertz CT molecular complexity index is 1100. The summed E-state index contributed by atoms with van der Waals surface area (Å²) in [6.45, 7) is 5.98. The smallest absolute Gasteiger partial charge is 0.325 e. The Morgan fingerprint density at radius 1 is 1.06 bits per heavy atom. The lowest BCUT2D eigenvalue weighted by Crippen LogP contribution is -2.51. The van der Waals surface area contributed by atoms with Crippen LogP contribution in [0.4, 0.5) is 13.6 Å². The van der Waals surface area contributed by atoms with Gasteiger partial charge in [-0.3, -0.25) is 19.4 Å². The molecular formula is C24H26F2N4O3. The third kappa shape index (κ3) is 4.59. The zero-order valence-electron chi connectivity index (χ0n) is 18.6. The van der Waals surface area contributed by atoms with Gasteiger partial charge in [-0.25, -0.2) is 13.6 Å². The number of rotatable bonds is 5. The lowest BCUT2D eigenvalue weighted by molar-refractivity contribution is -0.140. The zero-order valence-corrected chi connectivity index (χ0v) is 18.6. The normalized spacial score (nSPS) is 21.5. The van der Waals surface area contributed by atoms with Crippen molar-refractivity contribution in [2.45, 2.75) is 25.9 Å². The summed E-state index contributed by atoms with van der Waals surface area (Å²) in [6, 6.07) is 10.2. The molecule has 2 saturated heterocycles. The van der Waals surface area contributed by atoms with E-state index in [1.165, 1.54) is 18.1 Å². The predicted octanol–water partition coefficient (Wildman–Crippen LogP) is 2.38. The first-order chi connectivity index (χ1) is 15.7. The second kappa shape index (κ2) is 8.90. The van der Waals surface area contributed by atoms with Crippen molar-refractivity contribution in [3.8, 4) is 0 Å². The number of nitrogens with one attached hydrogen (secondary N) is 1. The molecule has 9 heteroatoms. The Hall–Kier alpha value is -3.33. The van der Waals surface area contributed by atoms with E-state index in [9.17, 15) is 23.2 Å². The minimum Gasteiger partial charge on any atom is -0.339 e. The molecular weight excluding hydrogens is 430 g/mol. The van der Waals surface area contributed by atoms with E-state index in [0.717, 1.165) is 29.6 Å². The van der Waals surface area contributed by atoms with Crippen molar-refractivity contribution < 1.29 is 23.2 Å². The molecule has 2 aromatic carbocycles. The monoisotopic (exact) mass is 456 g/mol. The van der Waals surface area contributed by atoms with Crippen LogP contribution in [0.2, 0.25) is 0 Å². The molecule has 33 heavy (non-hydrogen) atoms. The second-order valence-corrected chi connectivity index (χ2v) is 8.72. The molecule has 0 radical (unpaired) electrons. The molecule has 1 N–H and O–H groups in total. The number of aryl methyl sites for hydroxylation is 1. The van der Waals surface area contributed by atoms with Crippen LogP contribution in [0.1, 0.15) is 23.6 Å². The third-order valence-corrected chi connectivity index (χ3v) is 6.25. The van der Waals surface area contributed by atoms with Crippen LogP contribution in [0.5, 0.6) is 0 Å². The number of urea groups is 1. The summed E-state index contributed by atoms with van der Waals surface area (Å²) < 4.78 is 28.0. The van der Waals surface area contributed by atoms with Gasteiger partial charge >= 0.3 is 6.03 Å². The average molecular weight is 456 g/mol. The number of carbonyl (C=O) groups excluding carboxylic acids is 3. The van der Waals surface area contributed by atoms with Gasteiger partial charge in [0.15, 0.2) is 0 Å². The van der Waals surface area contributed by atoms with Crippen LogP contribution in [0.15, 0.2) is 42.5 Å². The molecule has 0 bridgehead atoms. The fourth-order valence-electron chi connectivity index (χ4n) is 4.36. The average Bonchev–Trinajstić information content (AvgIpc) is 2.99. The van der Waals surface area contributed by atoms with Gasteiger partial charge in [-0.15, -0.1) is 0 Å². The van der Waals surface area contributed by atoms with Gasteiger partial charge in [-0.2, -0.15) is 0 Å². The van der Waals surface area contributed by atoms with E-state index in [4.69, 9.17) is 0 Å². The number of halogens is 2. The fourth-order valence-corrected chi connectivity index (χ4v) is 4.36. The number of hydrogen-bond donors (Lipinski definition) is 1. The number of piperazine rings is 1. The molecule has 1 unspecified atom stereocenters. The first-order valence-corrected chi connectivity index (χ1v) is 10.8. The molecule has 1 atom stereocenters. The maximum absolute atomic E-state index is 14.3. The van der Waals surface area contributed by atoms with Crippen molar-refractivity contribution in [1.29, 1.82) is 0 Å². The maximum Gasteiger partial charge on any atom is 0.325 e. The molecule has 4 amide bonds. The van der Waals surface area contributed by atoms with E-state index in [2.05, 4.69) is 22.3 Å². The van der Waals surface area contributed by atoms with Gasteiger partial charge in [-0.05, 0) is 37.6 Å². The summed E-state index contributed by atoms with van der Waals surface area (Å²) in [7, 11) is 0. The predicted molar refractivity (Wildman–Crippen MR) is 117 cm³/mol. The van der Waals surface area contributed by atoms with E-state index >= 15 is 0 Å². The molecule has 4 rings (SSSR count). The highest BCUT2D eigenvalue weighted by atomic mass is 19.1. The highest BCUT2D eigenvalue weighted by Gasteiger charge is 2.51. The lowest BCUT2D eigenvalue weighted by Gasteiger charge is -2.35. The first kappa shape index (κ1) is 22.8. The van der Waals surface area contributed by atoms with E-state index in [1.807, 2.05) is 19.1 Å². The standard InChI is InChI=1S/C24H26F2N4O3/c1-16-4-3-5-17(12-16)14-28-8-10-29(11-9-28)21(31)15-30-22(32)24(2,27-23(30)33)19-13-18(25)6-7-20(19)26/h3-7,12-13H,8-11,14-15H2,1-2H3,(H,27,33). The largest absolute Gasteiger partial charge is 0.339 e. The summed E-state index contributed by atoms with van der Waals surface area (Å²) >= 11 is 0. The Kier molecular flexibility index (Phi) is 6.16. The minimum atomic E-state index is -1.78. The van der Waals surface area contributed by atoms with Crippen molar-refractivity contribution in [3.05, 3.63) is 70.8 Å². The van der Waals surface area contributed by atoms with Gasteiger partial charge < -0.3 is 10.2 Å². The third-order valence-electron chi connectivity index (χ3n) is 6.25. The molecule has 2 aromatic rings. The summed E-state index contributed by atoms with van der Waals surface area (Å²) in [5, 5.41) is 2.41. The highest BCUT2D eigenvalue weighted by molar-refractivity contribution is 6.09. The van der Waals surface area contributed by atoms with E-state index in [-0.39, 0.29) is 11.5 Å². The zero-order chi connectivity index (χ0) is 23.8. The van der Waals surface area contributed by atoms with Crippen molar-refractivity contribution in [1.82, 2.24) is 20.0 Å². The van der Waals surface area contributed by atoms with Crippen molar-refractivity contribution in [3.63, 3.8) is 0 Å². The number of imide groups is 1. The quantitative estimate of drug-likeness (QED) is 0.702. The van der Waals surface area contributed by atoms with Crippen LogP contribution in [0, 0.1) is 18.6 Å². The number of hydrogen-bond acceptors (Lipinski definition) is 4. The van der Waals surface area contributed by atoms with Crippen LogP contribution in [0.3, 0.4) is 0 Å². The van der Waals surface area contributed by atoms with Crippen molar-refractivity contribution in [2.75, 3.05) is 32.7 Å². The molecule has 0 saturated carbocycles. The number of amides is 4. The second-order valence-electron chi connectivity index (χ2n) is 8.72. The summed E-state index contributed by atoms with van der Waals surface area (Å²) in [5.74, 6) is -2.70. The molecule has 2 aliphatic rings. The van der Waals surface area contributed by atoms with Crippen LogP contribution < -0.4 is 5.32 Å². The SMILES string of the molecule is Cc1cccc(CN2CCN(C(=O)CN3C(=O)NC(C)(c4cc(F)ccc4F)C3=O)CC2)c1. The van der Waals surface area contributed by atoms with Crippen LogP contribution in [-0.2, 0) is 21.7 Å². The Morgan fingerprint density at radius 2 is 1.79 bits per heavy atom. The maximum atomic E-state index is 14.3. The number of benzene rings is 2. The van der Waals surface area contributed by atoms with Gasteiger partial charge in [-0.1, -0.05) is 29.8 Å². The van der Waals surface area contributed by atoms with Crippen LogP contribution in [-0.4, -0.2) is 65.3 Å². The number of carbonyl (C=O) groups is 3. The van der Waals surface area contributed by atoms with E-state index < -0.39 is 35.7 Å². The minimum absolute atomic E-state index is 0.277. The van der Waals surface area contributed by atoms with Crippen molar-refractivity contribution in [2.24, 2.45) is 0 Å². The van der Waals surface area contributed by atoms with Gasteiger partial charge in [0.25, 0.3) is 5.91 Å². The summed E-state index contributed by atoms with van der Waals surface area (Å²) in [4.78, 5) is 42.9. The van der Waals surface area contributed by atoms with Gasteiger partial charge in [0.2, 0.25) is 5.91 Å². The van der Waals surface area contributed by atoms with Gasteiger partial charge in [0, 0.05) is 38.3 Å². The lowest BCUT2D eigenvalue weighted by atomic mass is 9.91.